The SMILES string of the molecule is CCCC(CCC)(NCCN(CC)CC)C(=O)OCC. The molecular formula is C16H34N2O2. The van der Waals surface area contributed by atoms with Gasteiger partial charge in [0.2, 0.25) is 0 Å². The van der Waals surface area contributed by atoms with Gasteiger partial charge in [-0.05, 0) is 32.9 Å². The predicted molar refractivity (Wildman–Crippen MR) is 85.0 cm³/mol. The van der Waals surface area contributed by atoms with Crippen LogP contribution in [0.1, 0.15) is 60.3 Å². The number of carbonyl (C=O) groups excluding carboxylic acids is 1. The highest BCUT2D eigenvalue weighted by molar-refractivity contribution is 5.80. The molecule has 4 nitrogen and oxygen atoms in total. The molecule has 20 heavy (non-hydrogen) atoms. The second-order valence-electron chi connectivity index (χ2n) is 5.26. The minimum absolute atomic E-state index is 0.0803. The summed E-state index contributed by atoms with van der Waals surface area (Å²) in [6.45, 7) is 14.8. The van der Waals surface area contributed by atoms with Crippen LogP contribution in [0.25, 0.3) is 0 Å². The third-order valence-electron chi connectivity index (χ3n) is 3.81. The Morgan fingerprint density at radius 3 is 2.00 bits per heavy atom. The Morgan fingerprint density at radius 1 is 1.05 bits per heavy atom. The number of carbonyl (C=O) groups is 1. The Bertz CT molecular complexity index is 247. The standard InChI is InChI=1S/C16H34N2O2/c1-6-11-16(12-7-2,15(19)20-10-5)17-13-14-18(8-3)9-4/h17H,6-14H2,1-5H3. The summed E-state index contributed by atoms with van der Waals surface area (Å²) >= 11 is 0. The first-order chi connectivity index (χ1) is 9.60. The highest BCUT2D eigenvalue weighted by Crippen LogP contribution is 2.21. The molecule has 1 N–H and O–H groups in total. The molecule has 0 atom stereocenters. The van der Waals surface area contributed by atoms with E-state index in [1.165, 1.54) is 0 Å². The quantitative estimate of drug-likeness (QED) is 0.560. The number of hydrogen-bond donors (Lipinski definition) is 1. The average Bonchev–Trinajstić information content (AvgIpc) is 2.44. The van der Waals surface area contributed by atoms with Gasteiger partial charge in [0.15, 0.2) is 0 Å². The van der Waals surface area contributed by atoms with E-state index >= 15 is 0 Å². The second kappa shape index (κ2) is 11.1. The van der Waals surface area contributed by atoms with Crippen molar-refractivity contribution in [3.8, 4) is 0 Å². The molecule has 0 aromatic carbocycles. The van der Waals surface area contributed by atoms with E-state index in [1.54, 1.807) is 0 Å². The lowest BCUT2D eigenvalue weighted by Crippen LogP contribution is -2.54. The van der Waals surface area contributed by atoms with Crippen molar-refractivity contribution in [2.75, 3.05) is 32.8 Å². The van der Waals surface area contributed by atoms with Gasteiger partial charge < -0.3 is 15.0 Å². The van der Waals surface area contributed by atoms with Crippen molar-refractivity contribution in [2.24, 2.45) is 0 Å². The number of hydrogen-bond acceptors (Lipinski definition) is 4. The summed E-state index contributed by atoms with van der Waals surface area (Å²) in [4.78, 5) is 14.7. The van der Waals surface area contributed by atoms with Crippen molar-refractivity contribution in [1.82, 2.24) is 10.2 Å². The van der Waals surface area contributed by atoms with Crippen LogP contribution in [-0.2, 0) is 9.53 Å². The number of likely N-dealkylation sites (N-methyl/N-ethyl adjacent to an activating group) is 1. The fourth-order valence-corrected chi connectivity index (χ4v) is 2.69. The third kappa shape index (κ3) is 6.23. The van der Waals surface area contributed by atoms with Crippen molar-refractivity contribution in [3.05, 3.63) is 0 Å². The van der Waals surface area contributed by atoms with E-state index in [0.717, 1.165) is 51.9 Å². The Balaban J connectivity index is 4.68. The summed E-state index contributed by atoms with van der Waals surface area (Å²) in [5.41, 5.74) is -0.493. The smallest absolute Gasteiger partial charge is 0.326 e. The van der Waals surface area contributed by atoms with Crippen molar-refractivity contribution >= 4 is 5.97 Å². The normalized spacial score (nSPS) is 11.9. The van der Waals surface area contributed by atoms with Gasteiger partial charge in [-0.1, -0.05) is 40.5 Å². The van der Waals surface area contributed by atoms with Crippen molar-refractivity contribution < 1.29 is 9.53 Å². The largest absolute Gasteiger partial charge is 0.465 e. The molecule has 0 heterocycles. The zero-order valence-corrected chi connectivity index (χ0v) is 14.1. The van der Waals surface area contributed by atoms with Gasteiger partial charge in [-0.2, -0.15) is 0 Å². The van der Waals surface area contributed by atoms with Crippen molar-refractivity contribution in [1.29, 1.82) is 0 Å². The second-order valence-corrected chi connectivity index (χ2v) is 5.26. The number of rotatable bonds is 12. The van der Waals surface area contributed by atoms with E-state index in [9.17, 15) is 4.79 Å². The van der Waals surface area contributed by atoms with Gasteiger partial charge in [-0.3, -0.25) is 4.79 Å². The van der Waals surface area contributed by atoms with Gasteiger partial charge in [0.25, 0.3) is 0 Å². The van der Waals surface area contributed by atoms with Crippen molar-refractivity contribution in [3.63, 3.8) is 0 Å². The average molecular weight is 286 g/mol. The molecule has 0 fully saturated rings. The molecular weight excluding hydrogens is 252 g/mol. The molecule has 0 rings (SSSR count). The number of ether oxygens (including phenoxy) is 1. The molecule has 0 aliphatic carbocycles. The maximum absolute atomic E-state index is 12.4. The Kier molecular flexibility index (Phi) is 10.8. The van der Waals surface area contributed by atoms with E-state index in [0.29, 0.717) is 6.61 Å². The molecule has 0 amide bonds. The van der Waals surface area contributed by atoms with Gasteiger partial charge >= 0.3 is 5.97 Å². The summed E-state index contributed by atoms with van der Waals surface area (Å²) in [7, 11) is 0. The molecule has 0 aromatic heterocycles. The van der Waals surface area contributed by atoms with Crippen LogP contribution >= 0.6 is 0 Å². The van der Waals surface area contributed by atoms with Crippen LogP contribution in [0.2, 0.25) is 0 Å². The molecule has 0 aromatic rings. The maximum atomic E-state index is 12.4. The summed E-state index contributed by atoms with van der Waals surface area (Å²) in [6.07, 6.45) is 3.66. The third-order valence-corrected chi connectivity index (χ3v) is 3.81. The van der Waals surface area contributed by atoms with Crippen LogP contribution in [0.3, 0.4) is 0 Å². The van der Waals surface area contributed by atoms with E-state index in [-0.39, 0.29) is 5.97 Å². The van der Waals surface area contributed by atoms with Gasteiger partial charge in [-0.25, -0.2) is 0 Å². The van der Waals surface area contributed by atoms with E-state index in [1.807, 2.05) is 6.92 Å². The Labute approximate surface area is 125 Å². The summed E-state index contributed by atoms with van der Waals surface area (Å²) in [5, 5.41) is 3.50. The molecule has 0 saturated carbocycles. The minimum Gasteiger partial charge on any atom is -0.465 e. The molecule has 0 bridgehead atoms. The fraction of sp³-hybridized carbons (Fsp3) is 0.938. The Morgan fingerprint density at radius 2 is 1.60 bits per heavy atom. The van der Waals surface area contributed by atoms with Crippen LogP contribution in [0.4, 0.5) is 0 Å². The highest BCUT2D eigenvalue weighted by Gasteiger charge is 2.37. The Hall–Kier alpha value is -0.610. The summed E-state index contributed by atoms with van der Waals surface area (Å²) in [5.74, 6) is -0.0803. The molecule has 0 aliphatic heterocycles. The molecule has 0 spiro atoms. The van der Waals surface area contributed by atoms with Gasteiger partial charge in [0.05, 0.1) is 6.61 Å². The maximum Gasteiger partial charge on any atom is 0.326 e. The molecule has 0 saturated heterocycles. The number of esters is 1. The van der Waals surface area contributed by atoms with Gasteiger partial charge in [0, 0.05) is 13.1 Å². The zero-order chi connectivity index (χ0) is 15.4. The van der Waals surface area contributed by atoms with E-state index in [4.69, 9.17) is 4.74 Å². The lowest BCUT2D eigenvalue weighted by atomic mass is 9.88. The first kappa shape index (κ1) is 19.4. The monoisotopic (exact) mass is 286 g/mol. The lowest BCUT2D eigenvalue weighted by Gasteiger charge is -2.33. The molecule has 120 valence electrons. The first-order valence-electron chi connectivity index (χ1n) is 8.24. The van der Waals surface area contributed by atoms with Crippen molar-refractivity contribution in [2.45, 2.75) is 65.8 Å². The molecule has 4 heteroatoms. The van der Waals surface area contributed by atoms with Gasteiger partial charge in [0.1, 0.15) is 5.54 Å². The van der Waals surface area contributed by atoms with Crippen LogP contribution in [-0.4, -0.2) is 49.2 Å². The predicted octanol–water partition coefficient (Wildman–Crippen LogP) is 2.82. The first-order valence-corrected chi connectivity index (χ1v) is 8.24. The zero-order valence-electron chi connectivity index (χ0n) is 14.1. The van der Waals surface area contributed by atoms with Crippen LogP contribution in [0.15, 0.2) is 0 Å². The van der Waals surface area contributed by atoms with E-state index < -0.39 is 5.54 Å². The number of nitrogens with one attached hydrogen (secondary N) is 1. The fourth-order valence-electron chi connectivity index (χ4n) is 2.69. The molecule has 0 radical (unpaired) electrons. The topological polar surface area (TPSA) is 41.6 Å². The summed E-state index contributed by atoms with van der Waals surface area (Å²) in [6, 6.07) is 0. The highest BCUT2D eigenvalue weighted by atomic mass is 16.5. The minimum atomic E-state index is -0.493. The lowest BCUT2D eigenvalue weighted by molar-refractivity contribution is -0.152. The molecule has 0 unspecified atom stereocenters. The van der Waals surface area contributed by atoms with Gasteiger partial charge in [-0.15, -0.1) is 0 Å². The van der Waals surface area contributed by atoms with Crippen LogP contribution < -0.4 is 5.32 Å². The number of nitrogens with zero attached hydrogens (tertiary/aromatic N) is 1. The van der Waals surface area contributed by atoms with E-state index in [2.05, 4.69) is 37.9 Å². The summed E-state index contributed by atoms with van der Waals surface area (Å²) < 4.78 is 5.31. The molecule has 0 aliphatic rings. The van der Waals surface area contributed by atoms with Crippen LogP contribution in [0, 0.1) is 0 Å². The van der Waals surface area contributed by atoms with Crippen LogP contribution in [0.5, 0.6) is 0 Å².